The van der Waals surface area contributed by atoms with Crippen LogP contribution in [0.5, 0.6) is 0 Å². The van der Waals surface area contributed by atoms with Crippen molar-refractivity contribution >= 4 is 27.1 Å². The molecule has 1 rings (SSSR count). The van der Waals surface area contributed by atoms with Crippen LogP contribution in [0.4, 0.5) is 11.4 Å². The molecule has 0 atom stereocenters. The number of benzene rings is 1. The number of nitrogen functional groups attached to an aromatic ring is 1. The van der Waals surface area contributed by atoms with E-state index in [1.807, 2.05) is 0 Å². The minimum atomic E-state index is -3.29. The molecular formula is C9H12N2O3S. The topological polar surface area (TPSA) is 89.3 Å². The zero-order chi connectivity index (χ0) is 11.5. The maximum absolute atomic E-state index is 11.2. The lowest BCUT2D eigenvalue weighted by Crippen LogP contribution is -2.21. The van der Waals surface area contributed by atoms with Crippen molar-refractivity contribution < 1.29 is 13.2 Å². The predicted octanol–water partition coefficient (Wildman–Crippen LogP) is 0.252. The molecule has 0 saturated heterocycles. The van der Waals surface area contributed by atoms with Gasteiger partial charge in [0.25, 0.3) is 0 Å². The SMILES string of the molecule is CS(=O)(=O)CC(=O)Nc1ccc(N)cc1. The quantitative estimate of drug-likeness (QED) is 0.726. The van der Waals surface area contributed by atoms with E-state index in [9.17, 15) is 13.2 Å². The van der Waals surface area contributed by atoms with Gasteiger partial charge in [0, 0.05) is 17.6 Å². The molecule has 0 aliphatic heterocycles. The van der Waals surface area contributed by atoms with Crippen molar-refractivity contribution in [2.75, 3.05) is 23.1 Å². The van der Waals surface area contributed by atoms with Crippen molar-refractivity contribution in [3.63, 3.8) is 0 Å². The van der Waals surface area contributed by atoms with Gasteiger partial charge in [0.15, 0.2) is 9.84 Å². The standard InChI is InChI=1S/C9H12N2O3S/c1-15(13,14)6-9(12)11-8-4-2-7(10)3-5-8/h2-5H,6,10H2,1H3,(H,11,12). The van der Waals surface area contributed by atoms with Gasteiger partial charge in [-0.2, -0.15) is 0 Å². The van der Waals surface area contributed by atoms with Crippen molar-refractivity contribution in [3.05, 3.63) is 24.3 Å². The third-order valence-corrected chi connectivity index (χ3v) is 2.37. The zero-order valence-electron chi connectivity index (χ0n) is 8.23. The number of carbonyl (C=O) groups is 1. The fourth-order valence-electron chi connectivity index (χ4n) is 1.00. The average molecular weight is 228 g/mol. The second-order valence-electron chi connectivity index (χ2n) is 3.24. The first kappa shape index (κ1) is 11.5. The maximum Gasteiger partial charge on any atom is 0.239 e. The summed E-state index contributed by atoms with van der Waals surface area (Å²) in [6.45, 7) is 0. The first-order valence-electron chi connectivity index (χ1n) is 4.20. The third kappa shape index (κ3) is 4.46. The second-order valence-corrected chi connectivity index (χ2v) is 5.38. The molecule has 0 aliphatic carbocycles. The van der Waals surface area contributed by atoms with E-state index in [2.05, 4.69) is 5.32 Å². The van der Waals surface area contributed by atoms with Crippen LogP contribution in [0.2, 0.25) is 0 Å². The molecule has 0 spiro atoms. The highest BCUT2D eigenvalue weighted by Gasteiger charge is 2.10. The molecule has 0 bridgehead atoms. The van der Waals surface area contributed by atoms with Crippen LogP contribution in [0.15, 0.2) is 24.3 Å². The molecule has 0 saturated carbocycles. The lowest BCUT2D eigenvalue weighted by Gasteiger charge is -2.04. The van der Waals surface area contributed by atoms with E-state index < -0.39 is 21.5 Å². The highest BCUT2D eigenvalue weighted by Crippen LogP contribution is 2.10. The normalized spacial score (nSPS) is 11.0. The lowest BCUT2D eigenvalue weighted by molar-refractivity contribution is -0.113. The molecule has 1 aromatic carbocycles. The van der Waals surface area contributed by atoms with Gasteiger partial charge in [-0.1, -0.05) is 0 Å². The molecule has 0 fully saturated rings. The number of sulfone groups is 1. The first-order valence-corrected chi connectivity index (χ1v) is 6.26. The van der Waals surface area contributed by atoms with Gasteiger partial charge in [0.2, 0.25) is 5.91 Å². The molecule has 15 heavy (non-hydrogen) atoms. The number of amides is 1. The molecule has 3 N–H and O–H groups in total. The largest absolute Gasteiger partial charge is 0.399 e. The van der Waals surface area contributed by atoms with Crippen molar-refractivity contribution in [2.45, 2.75) is 0 Å². The van der Waals surface area contributed by atoms with E-state index in [0.29, 0.717) is 11.4 Å². The Labute approximate surface area is 88.2 Å². The number of nitrogens with one attached hydrogen (secondary N) is 1. The number of carbonyl (C=O) groups excluding carboxylic acids is 1. The first-order chi connectivity index (χ1) is 6.87. The van der Waals surface area contributed by atoms with Crippen molar-refractivity contribution in [1.82, 2.24) is 0 Å². The minimum Gasteiger partial charge on any atom is -0.399 e. The third-order valence-electron chi connectivity index (χ3n) is 1.59. The summed E-state index contributed by atoms with van der Waals surface area (Å²) in [5, 5.41) is 2.45. The van der Waals surface area contributed by atoms with Crippen LogP contribution in [-0.4, -0.2) is 26.3 Å². The Hall–Kier alpha value is -1.56. The Morgan fingerprint density at radius 2 is 1.87 bits per heavy atom. The van der Waals surface area contributed by atoms with Gasteiger partial charge in [0.1, 0.15) is 5.75 Å². The average Bonchev–Trinajstić information content (AvgIpc) is 2.05. The molecule has 82 valence electrons. The van der Waals surface area contributed by atoms with E-state index in [0.717, 1.165) is 6.26 Å². The highest BCUT2D eigenvalue weighted by molar-refractivity contribution is 7.91. The zero-order valence-corrected chi connectivity index (χ0v) is 9.04. The van der Waals surface area contributed by atoms with Crippen LogP contribution in [0, 0.1) is 0 Å². The van der Waals surface area contributed by atoms with Crippen LogP contribution < -0.4 is 11.1 Å². The molecule has 0 unspecified atom stereocenters. The monoisotopic (exact) mass is 228 g/mol. The van der Waals surface area contributed by atoms with E-state index in [1.165, 1.54) is 0 Å². The summed E-state index contributed by atoms with van der Waals surface area (Å²) < 4.78 is 21.6. The van der Waals surface area contributed by atoms with Crippen molar-refractivity contribution in [3.8, 4) is 0 Å². The van der Waals surface area contributed by atoms with Crippen LogP contribution in [0.1, 0.15) is 0 Å². The molecular weight excluding hydrogens is 216 g/mol. The molecule has 1 aromatic rings. The smallest absolute Gasteiger partial charge is 0.239 e. The van der Waals surface area contributed by atoms with Gasteiger partial charge >= 0.3 is 0 Å². The van der Waals surface area contributed by atoms with Crippen LogP contribution in [0.25, 0.3) is 0 Å². The van der Waals surface area contributed by atoms with Gasteiger partial charge in [-0.05, 0) is 24.3 Å². The van der Waals surface area contributed by atoms with Crippen LogP contribution in [-0.2, 0) is 14.6 Å². The molecule has 5 nitrogen and oxygen atoms in total. The van der Waals surface area contributed by atoms with Gasteiger partial charge in [-0.15, -0.1) is 0 Å². The number of nitrogens with two attached hydrogens (primary N) is 1. The fourth-order valence-corrected chi connectivity index (χ4v) is 1.55. The van der Waals surface area contributed by atoms with Crippen molar-refractivity contribution in [1.29, 1.82) is 0 Å². The van der Waals surface area contributed by atoms with Crippen LogP contribution in [0.3, 0.4) is 0 Å². The van der Waals surface area contributed by atoms with Gasteiger partial charge in [-0.25, -0.2) is 8.42 Å². The lowest BCUT2D eigenvalue weighted by atomic mass is 10.3. The number of rotatable bonds is 3. The summed E-state index contributed by atoms with van der Waals surface area (Å²) in [5.74, 6) is -1.07. The Morgan fingerprint density at radius 1 is 1.33 bits per heavy atom. The van der Waals surface area contributed by atoms with Gasteiger partial charge < -0.3 is 11.1 Å². The number of hydrogen-bond acceptors (Lipinski definition) is 4. The fraction of sp³-hybridized carbons (Fsp3) is 0.222. The molecule has 0 aromatic heterocycles. The minimum absolute atomic E-state index is 0.516. The summed E-state index contributed by atoms with van der Waals surface area (Å²) in [7, 11) is -3.29. The number of anilines is 2. The number of hydrogen-bond donors (Lipinski definition) is 2. The molecule has 0 heterocycles. The van der Waals surface area contributed by atoms with Gasteiger partial charge in [0.05, 0.1) is 0 Å². The summed E-state index contributed by atoms with van der Waals surface area (Å²) in [6.07, 6.45) is 1.01. The Balaban J connectivity index is 2.63. The van der Waals surface area contributed by atoms with E-state index >= 15 is 0 Å². The summed E-state index contributed by atoms with van der Waals surface area (Å²) in [5.41, 5.74) is 6.56. The van der Waals surface area contributed by atoms with E-state index in [-0.39, 0.29) is 0 Å². The van der Waals surface area contributed by atoms with E-state index in [1.54, 1.807) is 24.3 Å². The maximum atomic E-state index is 11.2. The van der Waals surface area contributed by atoms with Gasteiger partial charge in [-0.3, -0.25) is 4.79 Å². The summed E-state index contributed by atoms with van der Waals surface area (Å²) in [4.78, 5) is 11.2. The second kappa shape index (κ2) is 4.31. The molecule has 6 heteroatoms. The molecule has 0 aliphatic rings. The summed E-state index contributed by atoms with van der Waals surface area (Å²) >= 11 is 0. The summed E-state index contributed by atoms with van der Waals surface area (Å²) in [6, 6.07) is 6.46. The molecule has 1 amide bonds. The molecule has 0 radical (unpaired) electrons. The Bertz CT molecular complexity index is 451. The predicted molar refractivity (Wildman–Crippen MR) is 59.2 cm³/mol. The Kier molecular flexibility index (Phi) is 3.31. The van der Waals surface area contributed by atoms with Crippen LogP contribution >= 0.6 is 0 Å². The van der Waals surface area contributed by atoms with E-state index in [4.69, 9.17) is 5.73 Å². The Morgan fingerprint density at radius 3 is 2.33 bits per heavy atom. The highest BCUT2D eigenvalue weighted by atomic mass is 32.2. The van der Waals surface area contributed by atoms with Crippen molar-refractivity contribution in [2.24, 2.45) is 0 Å².